The fourth-order valence-corrected chi connectivity index (χ4v) is 2.33. The first-order valence-electron chi connectivity index (χ1n) is 6.59. The van der Waals surface area contributed by atoms with Crippen LogP contribution >= 0.6 is 0 Å². The Labute approximate surface area is 117 Å². The van der Waals surface area contributed by atoms with Crippen LogP contribution in [0.4, 0.5) is 0 Å². The average Bonchev–Trinajstić information content (AvgIpc) is 2.54. The molecule has 98 valence electrons. The van der Waals surface area contributed by atoms with Gasteiger partial charge in [0.25, 0.3) is 0 Å². The molecule has 0 radical (unpaired) electrons. The highest BCUT2D eigenvalue weighted by Crippen LogP contribution is 2.20. The van der Waals surface area contributed by atoms with Gasteiger partial charge in [-0.05, 0) is 22.4 Å². The summed E-state index contributed by atoms with van der Waals surface area (Å²) >= 11 is 0. The third-order valence-corrected chi connectivity index (χ3v) is 3.48. The standard InChI is InChI=1S/C18H15NO/c19-17(14-7-2-1-3-8-14)18(20)16-11-10-13-6-4-5-9-15(13)12-16/h1-12,17H,19H2. The third-order valence-electron chi connectivity index (χ3n) is 3.48. The van der Waals surface area contributed by atoms with E-state index in [0.717, 1.165) is 16.3 Å². The van der Waals surface area contributed by atoms with Crippen molar-refractivity contribution in [2.45, 2.75) is 6.04 Å². The molecule has 0 fully saturated rings. The summed E-state index contributed by atoms with van der Waals surface area (Å²) in [5.41, 5.74) is 7.56. The second kappa shape index (κ2) is 5.27. The summed E-state index contributed by atoms with van der Waals surface area (Å²) in [6, 6.07) is 22.5. The van der Waals surface area contributed by atoms with Gasteiger partial charge in [-0.1, -0.05) is 66.7 Å². The monoisotopic (exact) mass is 261 g/mol. The molecule has 20 heavy (non-hydrogen) atoms. The van der Waals surface area contributed by atoms with Crippen LogP contribution in [0.25, 0.3) is 10.8 Å². The molecule has 3 rings (SSSR count). The molecular formula is C18H15NO. The summed E-state index contributed by atoms with van der Waals surface area (Å²) < 4.78 is 0. The van der Waals surface area contributed by atoms with Crippen molar-refractivity contribution in [2.75, 3.05) is 0 Å². The maximum Gasteiger partial charge on any atom is 0.184 e. The van der Waals surface area contributed by atoms with E-state index in [1.807, 2.05) is 72.8 Å². The van der Waals surface area contributed by atoms with Crippen LogP contribution in [0.5, 0.6) is 0 Å². The quantitative estimate of drug-likeness (QED) is 0.730. The van der Waals surface area contributed by atoms with Gasteiger partial charge in [-0.15, -0.1) is 0 Å². The molecule has 2 nitrogen and oxygen atoms in total. The van der Waals surface area contributed by atoms with E-state index in [0.29, 0.717) is 5.56 Å². The minimum Gasteiger partial charge on any atom is -0.318 e. The van der Waals surface area contributed by atoms with Crippen LogP contribution in [0, 0.1) is 0 Å². The summed E-state index contributed by atoms with van der Waals surface area (Å²) in [4.78, 5) is 12.5. The number of hydrogen-bond acceptors (Lipinski definition) is 2. The molecule has 0 aliphatic heterocycles. The van der Waals surface area contributed by atoms with Gasteiger partial charge in [0, 0.05) is 5.56 Å². The van der Waals surface area contributed by atoms with Gasteiger partial charge in [-0.3, -0.25) is 4.79 Å². The number of benzene rings is 3. The molecular weight excluding hydrogens is 246 g/mol. The number of hydrogen-bond donors (Lipinski definition) is 1. The molecule has 0 aromatic heterocycles. The first-order chi connectivity index (χ1) is 9.75. The molecule has 0 spiro atoms. The number of Topliss-reactive ketones (excluding diaryl/α,β-unsaturated/α-hetero) is 1. The third kappa shape index (κ3) is 2.33. The number of fused-ring (bicyclic) bond motifs is 1. The fraction of sp³-hybridized carbons (Fsp3) is 0.0556. The van der Waals surface area contributed by atoms with Gasteiger partial charge >= 0.3 is 0 Å². The van der Waals surface area contributed by atoms with Crippen molar-refractivity contribution < 1.29 is 4.79 Å². The van der Waals surface area contributed by atoms with Crippen molar-refractivity contribution in [1.82, 2.24) is 0 Å². The summed E-state index contributed by atoms with van der Waals surface area (Å²) in [6.07, 6.45) is 0. The Hall–Kier alpha value is -2.45. The Morgan fingerprint density at radius 3 is 2.20 bits per heavy atom. The zero-order valence-electron chi connectivity index (χ0n) is 11.0. The number of ketones is 1. The van der Waals surface area contributed by atoms with Gasteiger partial charge in [0.1, 0.15) is 0 Å². The van der Waals surface area contributed by atoms with Crippen LogP contribution in [0.15, 0.2) is 72.8 Å². The molecule has 0 aliphatic carbocycles. The average molecular weight is 261 g/mol. The van der Waals surface area contributed by atoms with E-state index in [1.54, 1.807) is 0 Å². The van der Waals surface area contributed by atoms with E-state index in [-0.39, 0.29) is 5.78 Å². The fourth-order valence-electron chi connectivity index (χ4n) is 2.33. The second-order valence-electron chi connectivity index (χ2n) is 4.81. The molecule has 2 heteroatoms. The van der Waals surface area contributed by atoms with E-state index < -0.39 is 6.04 Å². The van der Waals surface area contributed by atoms with Gasteiger partial charge in [0.2, 0.25) is 0 Å². The molecule has 2 N–H and O–H groups in total. The van der Waals surface area contributed by atoms with E-state index >= 15 is 0 Å². The molecule has 0 saturated heterocycles. The van der Waals surface area contributed by atoms with Gasteiger partial charge in [-0.2, -0.15) is 0 Å². The lowest BCUT2D eigenvalue weighted by molar-refractivity contribution is 0.0961. The smallest absolute Gasteiger partial charge is 0.184 e. The SMILES string of the molecule is NC(C(=O)c1ccc2ccccc2c1)c1ccccc1. The first kappa shape index (κ1) is 12.6. The van der Waals surface area contributed by atoms with Crippen molar-refractivity contribution in [3.63, 3.8) is 0 Å². The van der Waals surface area contributed by atoms with Crippen LogP contribution in [-0.2, 0) is 0 Å². The van der Waals surface area contributed by atoms with Crippen LogP contribution in [-0.4, -0.2) is 5.78 Å². The summed E-state index contributed by atoms with van der Waals surface area (Å²) in [6.45, 7) is 0. The number of rotatable bonds is 3. The highest BCUT2D eigenvalue weighted by Gasteiger charge is 2.17. The minimum absolute atomic E-state index is 0.0537. The van der Waals surface area contributed by atoms with Crippen molar-refractivity contribution in [2.24, 2.45) is 5.73 Å². The Morgan fingerprint density at radius 1 is 0.800 bits per heavy atom. The zero-order chi connectivity index (χ0) is 13.9. The lowest BCUT2D eigenvalue weighted by atomic mass is 9.96. The topological polar surface area (TPSA) is 43.1 Å². The molecule has 3 aromatic rings. The molecule has 1 atom stereocenters. The molecule has 0 amide bonds. The Bertz CT molecular complexity index is 749. The van der Waals surface area contributed by atoms with E-state index in [1.165, 1.54) is 0 Å². The molecule has 0 heterocycles. The molecule has 1 unspecified atom stereocenters. The van der Waals surface area contributed by atoms with E-state index in [2.05, 4.69) is 0 Å². The van der Waals surface area contributed by atoms with Crippen molar-refractivity contribution in [3.05, 3.63) is 83.9 Å². The van der Waals surface area contributed by atoms with Crippen molar-refractivity contribution in [1.29, 1.82) is 0 Å². The highest BCUT2D eigenvalue weighted by molar-refractivity contribution is 6.03. The molecule has 0 aliphatic rings. The molecule has 3 aromatic carbocycles. The predicted octanol–water partition coefficient (Wildman–Crippen LogP) is 3.72. The minimum atomic E-state index is -0.614. The second-order valence-corrected chi connectivity index (χ2v) is 4.81. The van der Waals surface area contributed by atoms with Crippen LogP contribution in [0.3, 0.4) is 0 Å². The molecule has 0 bridgehead atoms. The Kier molecular flexibility index (Phi) is 3.32. The summed E-state index contributed by atoms with van der Waals surface area (Å²) in [5, 5.41) is 2.18. The number of carbonyl (C=O) groups excluding carboxylic acids is 1. The lowest BCUT2D eigenvalue weighted by Gasteiger charge is -2.11. The lowest BCUT2D eigenvalue weighted by Crippen LogP contribution is -2.21. The van der Waals surface area contributed by atoms with Crippen LogP contribution in [0.1, 0.15) is 22.0 Å². The Balaban J connectivity index is 1.96. The van der Waals surface area contributed by atoms with E-state index in [9.17, 15) is 4.79 Å². The zero-order valence-corrected chi connectivity index (χ0v) is 11.0. The van der Waals surface area contributed by atoms with Gasteiger partial charge in [0.15, 0.2) is 5.78 Å². The normalized spacial score (nSPS) is 12.2. The maximum atomic E-state index is 12.5. The summed E-state index contributed by atoms with van der Waals surface area (Å²) in [5.74, 6) is -0.0537. The maximum absolute atomic E-state index is 12.5. The van der Waals surface area contributed by atoms with E-state index in [4.69, 9.17) is 5.73 Å². The van der Waals surface area contributed by atoms with Crippen molar-refractivity contribution >= 4 is 16.6 Å². The summed E-state index contributed by atoms with van der Waals surface area (Å²) in [7, 11) is 0. The van der Waals surface area contributed by atoms with Gasteiger partial charge in [0.05, 0.1) is 6.04 Å². The van der Waals surface area contributed by atoms with Crippen LogP contribution in [0.2, 0.25) is 0 Å². The van der Waals surface area contributed by atoms with Crippen molar-refractivity contribution in [3.8, 4) is 0 Å². The van der Waals surface area contributed by atoms with Gasteiger partial charge in [-0.25, -0.2) is 0 Å². The first-order valence-corrected chi connectivity index (χ1v) is 6.59. The number of nitrogens with two attached hydrogens (primary N) is 1. The highest BCUT2D eigenvalue weighted by atomic mass is 16.1. The predicted molar refractivity (Wildman–Crippen MR) is 81.6 cm³/mol. The number of carbonyl (C=O) groups is 1. The largest absolute Gasteiger partial charge is 0.318 e. The molecule has 0 saturated carbocycles. The Morgan fingerprint density at radius 2 is 1.45 bits per heavy atom. The van der Waals surface area contributed by atoms with Gasteiger partial charge < -0.3 is 5.73 Å². The van der Waals surface area contributed by atoms with Crippen LogP contribution < -0.4 is 5.73 Å².